The summed E-state index contributed by atoms with van der Waals surface area (Å²) in [6, 6.07) is 22.6. The molecule has 1 atom stereocenters. The van der Waals surface area contributed by atoms with Crippen LogP contribution in [0.4, 0.5) is 5.82 Å². The lowest BCUT2D eigenvalue weighted by Crippen LogP contribution is -2.33. The number of benzene rings is 2. The maximum Gasteiger partial charge on any atom is 0.172 e. The molecule has 126 valence electrons. The van der Waals surface area contributed by atoms with Crippen LogP contribution >= 0.6 is 12.2 Å². The minimum absolute atomic E-state index is 0.0211. The van der Waals surface area contributed by atoms with Crippen LogP contribution in [0.25, 0.3) is 0 Å². The molecule has 0 unspecified atom stereocenters. The first-order valence-corrected chi connectivity index (χ1v) is 8.65. The van der Waals surface area contributed by atoms with Gasteiger partial charge in [-0.25, -0.2) is 4.98 Å². The average Bonchev–Trinajstić information content (AvgIpc) is 2.61. The number of nitrogens with one attached hydrogen (secondary N) is 2. The standard InChI is InChI=1S/C21H21N3S/c1-15-12-13-22-19(14-15)23-21(25)24-20(17-9-4-3-5-10-17)18-11-7-6-8-16(18)2/h3-14,20H,1-2H3,(H2,22,23,24,25)/t20-/m0/s1. The topological polar surface area (TPSA) is 37.0 Å². The van der Waals surface area contributed by atoms with Crippen molar-refractivity contribution < 1.29 is 0 Å². The number of thiocarbonyl (C=S) groups is 1. The number of anilines is 1. The van der Waals surface area contributed by atoms with Gasteiger partial charge in [-0.05, 0) is 60.5 Å². The lowest BCUT2D eigenvalue weighted by atomic mass is 9.95. The summed E-state index contributed by atoms with van der Waals surface area (Å²) in [6.07, 6.45) is 1.77. The van der Waals surface area contributed by atoms with Gasteiger partial charge in [-0.15, -0.1) is 0 Å². The molecule has 2 aromatic carbocycles. The van der Waals surface area contributed by atoms with Gasteiger partial charge in [-0.1, -0.05) is 54.6 Å². The highest BCUT2D eigenvalue weighted by atomic mass is 32.1. The molecule has 0 aliphatic rings. The second-order valence-corrected chi connectivity index (χ2v) is 6.43. The third-order valence-corrected chi connectivity index (χ3v) is 4.28. The molecule has 0 saturated heterocycles. The number of nitrogens with zero attached hydrogens (tertiary/aromatic N) is 1. The van der Waals surface area contributed by atoms with E-state index in [1.54, 1.807) is 6.20 Å². The van der Waals surface area contributed by atoms with Crippen molar-refractivity contribution in [2.24, 2.45) is 0 Å². The van der Waals surface area contributed by atoms with Crippen LogP contribution < -0.4 is 10.6 Å². The Bertz CT molecular complexity index is 862. The Balaban J connectivity index is 1.85. The molecule has 3 nitrogen and oxygen atoms in total. The van der Waals surface area contributed by atoms with E-state index in [1.165, 1.54) is 11.1 Å². The van der Waals surface area contributed by atoms with Crippen molar-refractivity contribution in [1.82, 2.24) is 10.3 Å². The summed E-state index contributed by atoms with van der Waals surface area (Å²) in [6.45, 7) is 4.15. The molecule has 0 saturated carbocycles. The highest BCUT2D eigenvalue weighted by Crippen LogP contribution is 2.25. The Morgan fingerprint density at radius 3 is 2.40 bits per heavy atom. The van der Waals surface area contributed by atoms with Crippen LogP contribution in [0.15, 0.2) is 72.9 Å². The summed E-state index contributed by atoms with van der Waals surface area (Å²) < 4.78 is 0. The lowest BCUT2D eigenvalue weighted by Gasteiger charge is -2.23. The molecule has 0 aliphatic heterocycles. The highest BCUT2D eigenvalue weighted by Gasteiger charge is 2.17. The second kappa shape index (κ2) is 7.90. The van der Waals surface area contributed by atoms with Crippen molar-refractivity contribution in [3.63, 3.8) is 0 Å². The molecular weight excluding hydrogens is 326 g/mol. The van der Waals surface area contributed by atoms with Gasteiger partial charge >= 0.3 is 0 Å². The third-order valence-electron chi connectivity index (χ3n) is 4.06. The molecule has 3 rings (SSSR count). The first kappa shape index (κ1) is 17.1. The molecule has 0 bridgehead atoms. The van der Waals surface area contributed by atoms with E-state index in [1.807, 2.05) is 43.3 Å². The van der Waals surface area contributed by atoms with E-state index in [9.17, 15) is 0 Å². The predicted octanol–water partition coefficient (Wildman–Crippen LogP) is 4.77. The van der Waals surface area contributed by atoms with E-state index in [4.69, 9.17) is 12.2 Å². The molecule has 1 heterocycles. The molecule has 0 spiro atoms. The monoisotopic (exact) mass is 347 g/mol. The molecule has 0 radical (unpaired) electrons. The highest BCUT2D eigenvalue weighted by molar-refractivity contribution is 7.80. The van der Waals surface area contributed by atoms with Crippen LogP contribution in [0.3, 0.4) is 0 Å². The fourth-order valence-electron chi connectivity index (χ4n) is 2.78. The zero-order valence-corrected chi connectivity index (χ0v) is 15.2. The second-order valence-electron chi connectivity index (χ2n) is 6.02. The van der Waals surface area contributed by atoms with Crippen LogP contribution in [-0.2, 0) is 0 Å². The van der Waals surface area contributed by atoms with Gasteiger partial charge in [0.25, 0.3) is 0 Å². The van der Waals surface area contributed by atoms with E-state index in [0.29, 0.717) is 5.11 Å². The van der Waals surface area contributed by atoms with Gasteiger partial charge in [-0.2, -0.15) is 0 Å². The fraction of sp³-hybridized carbons (Fsp3) is 0.143. The molecule has 4 heteroatoms. The normalized spacial score (nSPS) is 11.6. The minimum Gasteiger partial charge on any atom is -0.351 e. The van der Waals surface area contributed by atoms with Crippen LogP contribution in [0.5, 0.6) is 0 Å². The van der Waals surface area contributed by atoms with E-state index < -0.39 is 0 Å². The maximum atomic E-state index is 5.54. The molecular formula is C21H21N3S. The summed E-state index contributed by atoms with van der Waals surface area (Å²) >= 11 is 5.54. The van der Waals surface area contributed by atoms with Crippen molar-refractivity contribution in [3.05, 3.63) is 95.2 Å². The van der Waals surface area contributed by atoms with Gasteiger partial charge in [-0.3, -0.25) is 0 Å². The number of rotatable bonds is 4. The van der Waals surface area contributed by atoms with E-state index >= 15 is 0 Å². The summed E-state index contributed by atoms with van der Waals surface area (Å²) in [7, 11) is 0. The van der Waals surface area contributed by atoms with Crippen LogP contribution in [0.2, 0.25) is 0 Å². The number of hydrogen-bond donors (Lipinski definition) is 2. The minimum atomic E-state index is -0.0211. The van der Waals surface area contributed by atoms with E-state index in [2.05, 4.69) is 52.9 Å². The Labute approximate surface area is 154 Å². The number of aromatic nitrogens is 1. The van der Waals surface area contributed by atoms with Crippen molar-refractivity contribution in [2.75, 3.05) is 5.32 Å². The molecule has 1 aromatic heterocycles. The summed E-state index contributed by atoms with van der Waals surface area (Å²) in [5.74, 6) is 0.745. The van der Waals surface area contributed by atoms with Gasteiger partial charge in [0.2, 0.25) is 0 Å². The molecule has 0 amide bonds. The number of hydrogen-bond acceptors (Lipinski definition) is 2. The summed E-state index contributed by atoms with van der Waals surface area (Å²) in [4.78, 5) is 4.31. The van der Waals surface area contributed by atoms with Gasteiger partial charge < -0.3 is 10.6 Å². The van der Waals surface area contributed by atoms with Gasteiger partial charge in [0.05, 0.1) is 6.04 Å². The zero-order valence-electron chi connectivity index (χ0n) is 14.4. The maximum absolute atomic E-state index is 5.54. The SMILES string of the molecule is Cc1ccnc(NC(=S)N[C@@H](c2ccccc2)c2ccccc2C)c1. The molecule has 2 N–H and O–H groups in total. The smallest absolute Gasteiger partial charge is 0.172 e. The zero-order chi connectivity index (χ0) is 17.6. The van der Waals surface area contributed by atoms with Crippen molar-refractivity contribution in [2.45, 2.75) is 19.9 Å². The van der Waals surface area contributed by atoms with E-state index in [-0.39, 0.29) is 6.04 Å². The Morgan fingerprint density at radius 2 is 1.68 bits per heavy atom. The first-order valence-electron chi connectivity index (χ1n) is 8.24. The van der Waals surface area contributed by atoms with Gasteiger partial charge in [0.1, 0.15) is 5.82 Å². The predicted molar refractivity (Wildman–Crippen MR) is 108 cm³/mol. The summed E-state index contributed by atoms with van der Waals surface area (Å²) in [5.41, 5.74) is 4.73. The number of pyridine rings is 1. The lowest BCUT2D eigenvalue weighted by molar-refractivity contribution is 0.762. The fourth-order valence-corrected chi connectivity index (χ4v) is 3.01. The number of aryl methyl sites for hydroxylation is 2. The molecule has 0 fully saturated rings. The largest absolute Gasteiger partial charge is 0.351 e. The first-order chi connectivity index (χ1) is 12.1. The molecule has 3 aromatic rings. The Hall–Kier alpha value is -2.72. The van der Waals surface area contributed by atoms with Gasteiger partial charge in [0, 0.05) is 6.20 Å². The van der Waals surface area contributed by atoms with Crippen LogP contribution in [0.1, 0.15) is 28.3 Å². The molecule has 0 aliphatic carbocycles. The quantitative estimate of drug-likeness (QED) is 0.666. The van der Waals surface area contributed by atoms with Crippen molar-refractivity contribution >= 4 is 23.1 Å². The Kier molecular flexibility index (Phi) is 5.41. The Morgan fingerprint density at radius 1 is 0.960 bits per heavy atom. The van der Waals surface area contributed by atoms with Gasteiger partial charge in [0.15, 0.2) is 5.11 Å². The third kappa shape index (κ3) is 4.43. The van der Waals surface area contributed by atoms with E-state index in [0.717, 1.165) is 16.9 Å². The summed E-state index contributed by atoms with van der Waals surface area (Å²) in [5, 5.41) is 7.17. The van der Waals surface area contributed by atoms with Crippen LogP contribution in [0, 0.1) is 13.8 Å². The van der Waals surface area contributed by atoms with Crippen LogP contribution in [-0.4, -0.2) is 10.1 Å². The van der Waals surface area contributed by atoms with Crippen molar-refractivity contribution in [3.8, 4) is 0 Å². The van der Waals surface area contributed by atoms with Crippen molar-refractivity contribution in [1.29, 1.82) is 0 Å². The molecule has 25 heavy (non-hydrogen) atoms. The average molecular weight is 347 g/mol.